The Morgan fingerprint density at radius 2 is 1.96 bits per heavy atom. The van der Waals surface area contributed by atoms with Crippen LogP contribution < -0.4 is 9.47 Å². The van der Waals surface area contributed by atoms with Crippen LogP contribution in [0, 0.1) is 30.9 Å². The maximum atomic E-state index is 11.3. The van der Waals surface area contributed by atoms with E-state index in [1.807, 2.05) is 13.8 Å². The van der Waals surface area contributed by atoms with Crippen LogP contribution in [-0.4, -0.2) is 22.0 Å². The van der Waals surface area contributed by atoms with E-state index < -0.39 is 4.92 Å². The number of nitro benzene ring substituents is 1. The Hall–Kier alpha value is -2.74. The van der Waals surface area contributed by atoms with Gasteiger partial charge < -0.3 is 9.47 Å². The maximum absolute atomic E-state index is 11.3. The first kappa shape index (κ1) is 16.1. The highest BCUT2D eigenvalue weighted by atomic mass is 32.1. The lowest BCUT2D eigenvalue weighted by atomic mass is 10.2. The number of rotatable bonds is 4. The van der Waals surface area contributed by atoms with Crippen molar-refractivity contribution >= 4 is 27.2 Å². The van der Waals surface area contributed by atoms with Gasteiger partial charge in [0.2, 0.25) is 11.6 Å². The van der Waals surface area contributed by atoms with Crippen molar-refractivity contribution in [3.8, 4) is 17.4 Å². The predicted octanol–water partition coefficient (Wildman–Crippen LogP) is 4.33. The van der Waals surface area contributed by atoms with Gasteiger partial charge in [-0.2, -0.15) is 4.98 Å². The van der Waals surface area contributed by atoms with Gasteiger partial charge >= 0.3 is 5.69 Å². The van der Waals surface area contributed by atoms with Crippen LogP contribution in [-0.2, 0) is 0 Å². The van der Waals surface area contributed by atoms with Crippen LogP contribution in [0.2, 0.25) is 0 Å². The number of methoxy groups -OCH3 is 1. The van der Waals surface area contributed by atoms with Gasteiger partial charge in [0.25, 0.3) is 0 Å². The fourth-order valence-electron chi connectivity index (χ4n) is 2.35. The van der Waals surface area contributed by atoms with Crippen LogP contribution in [0.5, 0.6) is 17.4 Å². The molecule has 0 saturated carbocycles. The summed E-state index contributed by atoms with van der Waals surface area (Å²) >= 11 is 1.55. The highest BCUT2D eigenvalue weighted by Gasteiger charge is 2.21. The van der Waals surface area contributed by atoms with Gasteiger partial charge in [-0.15, -0.1) is 11.3 Å². The summed E-state index contributed by atoms with van der Waals surface area (Å²) < 4.78 is 10.9. The second kappa shape index (κ2) is 6.04. The molecule has 7 nitrogen and oxygen atoms in total. The van der Waals surface area contributed by atoms with Crippen molar-refractivity contribution in [2.24, 2.45) is 0 Å². The number of ether oxygens (including phenoxy) is 2. The maximum Gasteiger partial charge on any atom is 0.315 e. The minimum absolute atomic E-state index is 0.114. The Morgan fingerprint density at radius 1 is 1.21 bits per heavy atom. The van der Waals surface area contributed by atoms with E-state index in [2.05, 4.69) is 9.97 Å². The largest absolute Gasteiger partial charge is 0.496 e. The molecule has 1 aromatic carbocycles. The lowest BCUT2D eigenvalue weighted by molar-refractivity contribution is -0.385. The van der Waals surface area contributed by atoms with E-state index in [0.717, 1.165) is 20.7 Å². The van der Waals surface area contributed by atoms with Crippen LogP contribution in [0.25, 0.3) is 10.2 Å². The van der Waals surface area contributed by atoms with Gasteiger partial charge in [0.15, 0.2) is 0 Å². The van der Waals surface area contributed by atoms with E-state index >= 15 is 0 Å². The molecule has 0 amide bonds. The van der Waals surface area contributed by atoms with Crippen molar-refractivity contribution in [3.63, 3.8) is 0 Å². The van der Waals surface area contributed by atoms with Crippen molar-refractivity contribution in [1.82, 2.24) is 9.97 Å². The third kappa shape index (κ3) is 2.76. The molecule has 3 aromatic rings. The SMILES string of the molecule is COc1ccc(Oc2nc(C)nc3sc(C)c(C)c23)c([N+](=O)[O-])c1. The number of nitro groups is 1. The summed E-state index contributed by atoms with van der Waals surface area (Å²) in [5, 5.41) is 12.1. The first-order valence-corrected chi connectivity index (χ1v) is 7.97. The van der Waals surface area contributed by atoms with E-state index in [4.69, 9.17) is 9.47 Å². The molecule has 0 atom stereocenters. The molecular weight excluding hydrogens is 330 g/mol. The summed E-state index contributed by atoms with van der Waals surface area (Å²) in [6, 6.07) is 4.44. The standard InChI is InChI=1S/C16H15N3O4S/c1-8-9(2)24-16-14(8)15(17-10(3)18-16)23-13-6-5-11(22-4)7-12(13)19(20)21/h5-7H,1-4H3. The summed E-state index contributed by atoms with van der Waals surface area (Å²) in [6.07, 6.45) is 0. The number of benzene rings is 1. The van der Waals surface area contributed by atoms with E-state index in [9.17, 15) is 10.1 Å². The quantitative estimate of drug-likeness (QED) is 0.517. The monoisotopic (exact) mass is 345 g/mol. The summed E-state index contributed by atoms with van der Waals surface area (Å²) in [4.78, 5) is 21.5. The van der Waals surface area contributed by atoms with Gasteiger partial charge in [0.05, 0.1) is 23.5 Å². The van der Waals surface area contributed by atoms with Crippen LogP contribution in [0.4, 0.5) is 5.69 Å². The number of hydrogen-bond donors (Lipinski definition) is 0. The highest BCUT2D eigenvalue weighted by molar-refractivity contribution is 7.18. The molecule has 0 unspecified atom stereocenters. The first-order chi connectivity index (χ1) is 11.4. The Kier molecular flexibility index (Phi) is 4.06. The lowest BCUT2D eigenvalue weighted by Gasteiger charge is -2.09. The van der Waals surface area contributed by atoms with Crippen LogP contribution in [0.1, 0.15) is 16.3 Å². The van der Waals surface area contributed by atoms with Gasteiger partial charge in [-0.3, -0.25) is 10.1 Å². The van der Waals surface area contributed by atoms with E-state index in [0.29, 0.717) is 17.5 Å². The van der Waals surface area contributed by atoms with Crippen molar-refractivity contribution < 1.29 is 14.4 Å². The van der Waals surface area contributed by atoms with Crippen LogP contribution in [0.15, 0.2) is 18.2 Å². The molecule has 124 valence electrons. The first-order valence-electron chi connectivity index (χ1n) is 7.15. The molecule has 24 heavy (non-hydrogen) atoms. The van der Waals surface area contributed by atoms with Crippen molar-refractivity contribution in [2.45, 2.75) is 20.8 Å². The van der Waals surface area contributed by atoms with Crippen LogP contribution >= 0.6 is 11.3 Å². The second-order valence-electron chi connectivity index (χ2n) is 5.23. The van der Waals surface area contributed by atoms with Crippen molar-refractivity contribution in [2.75, 3.05) is 7.11 Å². The van der Waals surface area contributed by atoms with E-state index in [1.165, 1.54) is 19.2 Å². The average Bonchev–Trinajstić information content (AvgIpc) is 2.81. The summed E-state index contributed by atoms with van der Waals surface area (Å²) in [7, 11) is 1.45. The molecule has 0 spiro atoms. The zero-order valence-corrected chi connectivity index (χ0v) is 14.4. The fourth-order valence-corrected chi connectivity index (χ4v) is 3.41. The lowest BCUT2D eigenvalue weighted by Crippen LogP contribution is -1.98. The number of aromatic nitrogens is 2. The topological polar surface area (TPSA) is 87.4 Å². The molecule has 0 radical (unpaired) electrons. The molecule has 0 saturated heterocycles. The molecule has 8 heteroatoms. The number of fused-ring (bicyclic) bond motifs is 1. The number of hydrogen-bond acceptors (Lipinski definition) is 7. The summed E-state index contributed by atoms with van der Waals surface area (Å²) in [5.74, 6) is 1.38. The Labute approximate surface area is 142 Å². The average molecular weight is 345 g/mol. The Balaban J connectivity index is 2.15. The number of thiophene rings is 1. The summed E-state index contributed by atoms with van der Waals surface area (Å²) in [5.41, 5.74) is 0.838. The van der Waals surface area contributed by atoms with Crippen molar-refractivity contribution in [3.05, 3.63) is 44.6 Å². The van der Waals surface area contributed by atoms with Crippen molar-refractivity contribution in [1.29, 1.82) is 0 Å². The zero-order valence-electron chi connectivity index (χ0n) is 13.6. The zero-order chi connectivity index (χ0) is 17.4. The summed E-state index contributed by atoms with van der Waals surface area (Å²) in [6.45, 7) is 5.72. The molecule has 0 bridgehead atoms. The Bertz CT molecular complexity index is 952. The minimum Gasteiger partial charge on any atom is -0.496 e. The highest BCUT2D eigenvalue weighted by Crippen LogP contribution is 2.39. The molecule has 0 fully saturated rings. The predicted molar refractivity (Wildman–Crippen MR) is 91.3 cm³/mol. The van der Waals surface area contributed by atoms with Gasteiger partial charge in [-0.1, -0.05) is 0 Å². The Morgan fingerprint density at radius 3 is 2.62 bits per heavy atom. The molecule has 2 aromatic heterocycles. The van der Waals surface area contributed by atoms with Gasteiger partial charge in [0, 0.05) is 4.88 Å². The normalized spacial score (nSPS) is 10.8. The third-order valence-corrected chi connectivity index (χ3v) is 4.78. The van der Waals surface area contributed by atoms with E-state index in [-0.39, 0.29) is 11.4 Å². The molecule has 2 heterocycles. The molecule has 0 aliphatic rings. The van der Waals surface area contributed by atoms with E-state index in [1.54, 1.807) is 24.3 Å². The van der Waals surface area contributed by atoms with Crippen LogP contribution in [0.3, 0.4) is 0 Å². The smallest absolute Gasteiger partial charge is 0.315 e. The second-order valence-corrected chi connectivity index (χ2v) is 6.44. The molecule has 0 aliphatic carbocycles. The molecular formula is C16H15N3O4S. The third-order valence-electron chi connectivity index (χ3n) is 3.68. The fraction of sp³-hybridized carbons (Fsp3) is 0.250. The minimum atomic E-state index is -0.505. The number of aryl methyl sites for hydroxylation is 3. The molecule has 3 rings (SSSR count). The van der Waals surface area contributed by atoms with Gasteiger partial charge in [0.1, 0.15) is 16.4 Å². The number of nitrogens with zero attached hydrogens (tertiary/aromatic N) is 3. The van der Waals surface area contributed by atoms with Gasteiger partial charge in [-0.25, -0.2) is 4.98 Å². The molecule has 0 aliphatic heterocycles. The molecule has 0 N–H and O–H groups in total. The van der Waals surface area contributed by atoms with Gasteiger partial charge in [-0.05, 0) is 38.5 Å².